The molecule has 0 saturated heterocycles. The number of rotatable bonds is 7. The molecule has 1 N–H and O–H groups in total. The van der Waals surface area contributed by atoms with E-state index in [0.717, 1.165) is 19.4 Å². The Labute approximate surface area is 111 Å². The first-order valence-electron chi connectivity index (χ1n) is 6.83. The molecule has 0 aliphatic carbocycles. The van der Waals surface area contributed by atoms with Crippen molar-refractivity contribution in [3.63, 3.8) is 0 Å². The number of hydrogen-bond donors (Lipinski definition) is 1. The Kier molecular flexibility index (Phi) is 5.76. The van der Waals surface area contributed by atoms with Crippen molar-refractivity contribution in [3.8, 4) is 0 Å². The number of aryl methyl sites for hydroxylation is 1. The highest BCUT2D eigenvalue weighted by atomic mass is 16.5. The third kappa shape index (κ3) is 3.09. The van der Waals surface area contributed by atoms with Crippen LogP contribution in [0.1, 0.15) is 50.8 Å². The van der Waals surface area contributed by atoms with Crippen LogP contribution in [-0.2, 0) is 4.74 Å². The van der Waals surface area contributed by atoms with E-state index in [1.807, 2.05) is 12.4 Å². The van der Waals surface area contributed by atoms with E-state index in [9.17, 15) is 0 Å². The quantitative estimate of drug-likeness (QED) is 0.806. The van der Waals surface area contributed by atoms with Gasteiger partial charge in [0.05, 0.1) is 11.6 Å². The van der Waals surface area contributed by atoms with Crippen LogP contribution >= 0.6 is 0 Å². The fourth-order valence-corrected chi connectivity index (χ4v) is 2.61. The second-order valence-corrected chi connectivity index (χ2v) is 4.76. The molecule has 0 bridgehead atoms. The van der Waals surface area contributed by atoms with Gasteiger partial charge in [0, 0.05) is 19.5 Å². The van der Waals surface area contributed by atoms with E-state index in [4.69, 9.17) is 4.74 Å². The van der Waals surface area contributed by atoms with Crippen LogP contribution in [0.15, 0.2) is 18.5 Å². The van der Waals surface area contributed by atoms with E-state index in [1.54, 1.807) is 7.11 Å². The Morgan fingerprint density at radius 3 is 2.39 bits per heavy atom. The minimum Gasteiger partial charge on any atom is -0.376 e. The maximum Gasteiger partial charge on any atom is 0.0867 e. The largest absolute Gasteiger partial charge is 0.376 e. The molecule has 3 nitrogen and oxygen atoms in total. The molecular weight excluding hydrogens is 224 g/mol. The monoisotopic (exact) mass is 250 g/mol. The zero-order valence-electron chi connectivity index (χ0n) is 12.3. The first-order chi connectivity index (χ1) is 8.63. The Balaban J connectivity index is 3.15. The molecule has 3 heteroatoms. The number of pyridine rings is 1. The summed E-state index contributed by atoms with van der Waals surface area (Å²) in [5, 5.41) is 3.55. The standard InChI is InChI=1S/C15H26N2O/c1-6-15(7-2,18-5)14(17-8-3)13-9-12(4)10-16-11-13/h9-11,14,17H,6-8H2,1-5H3. The van der Waals surface area contributed by atoms with E-state index < -0.39 is 0 Å². The lowest BCUT2D eigenvalue weighted by Crippen LogP contribution is -2.44. The maximum absolute atomic E-state index is 5.85. The Bertz CT molecular complexity index is 353. The zero-order chi connectivity index (χ0) is 13.6. The van der Waals surface area contributed by atoms with Crippen molar-refractivity contribution in [2.24, 2.45) is 0 Å². The highest BCUT2D eigenvalue weighted by Gasteiger charge is 2.36. The maximum atomic E-state index is 5.85. The molecule has 0 saturated carbocycles. The normalized spacial score (nSPS) is 13.6. The van der Waals surface area contributed by atoms with Crippen LogP contribution in [-0.4, -0.2) is 24.2 Å². The first kappa shape index (κ1) is 15.1. The van der Waals surface area contributed by atoms with Crippen LogP contribution in [0.2, 0.25) is 0 Å². The Hall–Kier alpha value is -0.930. The minimum atomic E-state index is -0.161. The van der Waals surface area contributed by atoms with Crippen LogP contribution in [0, 0.1) is 6.92 Å². The van der Waals surface area contributed by atoms with E-state index >= 15 is 0 Å². The summed E-state index contributed by atoms with van der Waals surface area (Å²) < 4.78 is 5.85. The van der Waals surface area contributed by atoms with Gasteiger partial charge in [-0.05, 0) is 37.4 Å². The van der Waals surface area contributed by atoms with Gasteiger partial charge in [-0.1, -0.05) is 26.8 Å². The second-order valence-electron chi connectivity index (χ2n) is 4.76. The molecule has 0 spiro atoms. The lowest BCUT2D eigenvalue weighted by Gasteiger charge is -2.39. The SMILES string of the molecule is CCNC(c1cncc(C)c1)C(CC)(CC)OC. The number of hydrogen-bond acceptors (Lipinski definition) is 3. The molecule has 1 heterocycles. The molecule has 1 aromatic heterocycles. The molecule has 1 rings (SSSR count). The van der Waals surface area contributed by atoms with Crippen LogP contribution in [0.5, 0.6) is 0 Å². The number of nitrogens with one attached hydrogen (secondary N) is 1. The zero-order valence-corrected chi connectivity index (χ0v) is 12.3. The first-order valence-corrected chi connectivity index (χ1v) is 6.83. The topological polar surface area (TPSA) is 34.2 Å². The fourth-order valence-electron chi connectivity index (χ4n) is 2.61. The molecule has 0 aliphatic rings. The lowest BCUT2D eigenvalue weighted by molar-refractivity contribution is -0.0483. The van der Waals surface area contributed by atoms with Gasteiger partial charge in [0.25, 0.3) is 0 Å². The average molecular weight is 250 g/mol. The predicted molar refractivity (Wildman–Crippen MR) is 75.7 cm³/mol. The second kappa shape index (κ2) is 6.86. The number of ether oxygens (including phenoxy) is 1. The molecule has 0 amide bonds. The third-order valence-corrected chi connectivity index (χ3v) is 3.77. The van der Waals surface area contributed by atoms with Gasteiger partial charge in [-0.15, -0.1) is 0 Å². The Morgan fingerprint density at radius 2 is 1.94 bits per heavy atom. The van der Waals surface area contributed by atoms with Gasteiger partial charge in [0.15, 0.2) is 0 Å². The highest BCUT2D eigenvalue weighted by Crippen LogP contribution is 2.34. The molecule has 1 atom stereocenters. The summed E-state index contributed by atoms with van der Waals surface area (Å²) >= 11 is 0. The van der Waals surface area contributed by atoms with E-state index in [2.05, 4.69) is 44.1 Å². The number of methoxy groups -OCH3 is 1. The van der Waals surface area contributed by atoms with Crippen molar-refractivity contribution in [2.45, 2.75) is 52.2 Å². The van der Waals surface area contributed by atoms with Crippen LogP contribution in [0.3, 0.4) is 0 Å². The molecule has 18 heavy (non-hydrogen) atoms. The minimum absolute atomic E-state index is 0.161. The molecule has 0 aromatic carbocycles. The number of nitrogens with zero attached hydrogens (tertiary/aromatic N) is 1. The van der Waals surface area contributed by atoms with Crippen molar-refractivity contribution >= 4 is 0 Å². The lowest BCUT2D eigenvalue weighted by atomic mass is 9.84. The van der Waals surface area contributed by atoms with Crippen molar-refractivity contribution in [2.75, 3.05) is 13.7 Å². The Morgan fingerprint density at radius 1 is 1.28 bits per heavy atom. The van der Waals surface area contributed by atoms with Crippen LogP contribution < -0.4 is 5.32 Å². The van der Waals surface area contributed by atoms with Crippen molar-refractivity contribution < 1.29 is 4.74 Å². The van der Waals surface area contributed by atoms with Crippen LogP contribution in [0.4, 0.5) is 0 Å². The highest BCUT2D eigenvalue weighted by molar-refractivity contribution is 5.23. The average Bonchev–Trinajstić information content (AvgIpc) is 2.40. The molecule has 0 aliphatic heterocycles. The van der Waals surface area contributed by atoms with Crippen molar-refractivity contribution in [3.05, 3.63) is 29.6 Å². The van der Waals surface area contributed by atoms with E-state index in [0.29, 0.717) is 0 Å². The van der Waals surface area contributed by atoms with Gasteiger partial charge in [-0.2, -0.15) is 0 Å². The summed E-state index contributed by atoms with van der Waals surface area (Å²) in [5.41, 5.74) is 2.24. The van der Waals surface area contributed by atoms with E-state index in [1.165, 1.54) is 11.1 Å². The van der Waals surface area contributed by atoms with Crippen molar-refractivity contribution in [1.82, 2.24) is 10.3 Å². The number of aromatic nitrogens is 1. The van der Waals surface area contributed by atoms with Gasteiger partial charge in [0.1, 0.15) is 0 Å². The van der Waals surface area contributed by atoms with Gasteiger partial charge >= 0.3 is 0 Å². The molecule has 0 radical (unpaired) electrons. The summed E-state index contributed by atoms with van der Waals surface area (Å²) in [6, 6.07) is 2.38. The molecule has 1 unspecified atom stereocenters. The summed E-state index contributed by atoms with van der Waals surface area (Å²) in [6.45, 7) is 9.48. The van der Waals surface area contributed by atoms with Gasteiger partial charge in [-0.25, -0.2) is 0 Å². The van der Waals surface area contributed by atoms with Crippen molar-refractivity contribution in [1.29, 1.82) is 0 Å². The molecule has 1 aromatic rings. The number of likely N-dealkylation sites (N-methyl/N-ethyl adjacent to an activating group) is 1. The smallest absolute Gasteiger partial charge is 0.0867 e. The van der Waals surface area contributed by atoms with E-state index in [-0.39, 0.29) is 11.6 Å². The van der Waals surface area contributed by atoms with Crippen LogP contribution in [0.25, 0.3) is 0 Å². The summed E-state index contributed by atoms with van der Waals surface area (Å²) in [4.78, 5) is 4.31. The molecule has 0 fully saturated rings. The van der Waals surface area contributed by atoms with Gasteiger partial charge in [-0.3, -0.25) is 4.98 Å². The summed E-state index contributed by atoms with van der Waals surface area (Å²) in [6.07, 6.45) is 5.79. The summed E-state index contributed by atoms with van der Waals surface area (Å²) in [7, 11) is 1.81. The molecule has 102 valence electrons. The van der Waals surface area contributed by atoms with Gasteiger partial charge < -0.3 is 10.1 Å². The summed E-state index contributed by atoms with van der Waals surface area (Å²) in [5.74, 6) is 0. The third-order valence-electron chi connectivity index (χ3n) is 3.77. The van der Waals surface area contributed by atoms with Gasteiger partial charge in [0.2, 0.25) is 0 Å². The fraction of sp³-hybridized carbons (Fsp3) is 0.667. The predicted octanol–water partition coefficient (Wildman–Crippen LogP) is 3.25. The molecular formula is C15H26N2O.